The van der Waals surface area contributed by atoms with Crippen molar-refractivity contribution in [3.05, 3.63) is 64.7 Å². The molecule has 5 heteroatoms. The standard InChI is InChI=1S/C17H18N2O3/c20-16-3-1-2-12(8-16)10-19-7-6-13-9-14(17(21)18-22)4-5-15(13)11-19/h1-5,8-9,20,22H,6-7,10-11H2,(H,18,21). The van der Waals surface area contributed by atoms with Crippen LogP contribution in [-0.2, 0) is 19.5 Å². The van der Waals surface area contributed by atoms with Crippen LogP contribution in [0.2, 0.25) is 0 Å². The number of phenols is 1. The van der Waals surface area contributed by atoms with Crippen LogP contribution in [0.5, 0.6) is 5.75 Å². The molecule has 0 saturated heterocycles. The van der Waals surface area contributed by atoms with Gasteiger partial charge >= 0.3 is 0 Å². The summed E-state index contributed by atoms with van der Waals surface area (Å²) in [7, 11) is 0. The number of nitrogens with zero attached hydrogens (tertiary/aromatic N) is 1. The summed E-state index contributed by atoms with van der Waals surface area (Å²) in [5.74, 6) is -0.195. The van der Waals surface area contributed by atoms with Gasteiger partial charge in [-0.05, 0) is 47.4 Å². The highest BCUT2D eigenvalue weighted by Gasteiger charge is 2.18. The SMILES string of the molecule is O=C(NO)c1ccc2c(c1)CCN(Cc1cccc(O)c1)C2. The molecule has 1 aliphatic rings. The van der Waals surface area contributed by atoms with Gasteiger partial charge in [0.05, 0.1) is 0 Å². The number of amides is 1. The van der Waals surface area contributed by atoms with Crippen molar-refractivity contribution in [2.45, 2.75) is 19.5 Å². The molecular weight excluding hydrogens is 280 g/mol. The molecule has 22 heavy (non-hydrogen) atoms. The van der Waals surface area contributed by atoms with Crippen LogP contribution in [0.1, 0.15) is 27.0 Å². The summed E-state index contributed by atoms with van der Waals surface area (Å²) in [5.41, 5.74) is 5.56. The lowest BCUT2D eigenvalue weighted by Crippen LogP contribution is -2.30. The highest BCUT2D eigenvalue weighted by atomic mass is 16.5. The van der Waals surface area contributed by atoms with Crippen LogP contribution in [0.25, 0.3) is 0 Å². The molecule has 0 saturated carbocycles. The molecule has 0 bridgehead atoms. The highest BCUT2D eigenvalue weighted by molar-refractivity contribution is 5.93. The van der Waals surface area contributed by atoms with E-state index in [1.165, 1.54) is 5.56 Å². The van der Waals surface area contributed by atoms with E-state index in [0.29, 0.717) is 5.56 Å². The molecule has 0 radical (unpaired) electrons. The fourth-order valence-electron chi connectivity index (χ4n) is 2.87. The molecule has 0 atom stereocenters. The first-order chi connectivity index (χ1) is 10.7. The maximum Gasteiger partial charge on any atom is 0.274 e. The van der Waals surface area contributed by atoms with Crippen LogP contribution in [0, 0.1) is 0 Å². The van der Waals surface area contributed by atoms with Crippen LogP contribution >= 0.6 is 0 Å². The Labute approximate surface area is 128 Å². The normalized spacial score (nSPS) is 14.4. The molecule has 2 aromatic carbocycles. The minimum Gasteiger partial charge on any atom is -0.508 e. The van der Waals surface area contributed by atoms with E-state index < -0.39 is 5.91 Å². The second kappa shape index (κ2) is 6.17. The van der Waals surface area contributed by atoms with Crippen molar-refractivity contribution in [1.82, 2.24) is 10.4 Å². The first kappa shape index (κ1) is 14.6. The Hall–Kier alpha value is -2.37. The Kier molecular flexibility index (Phi) is 4.09. The van der Waals surface area contributed by atoms with Crippen molar-refractivity contribution in [3.63, 3.8) is 0 Å². The third kappa shape index (κ3) is 3.10. The highest BCUT2D eigenvalue weighted by Crippen LogP contribution is 2.22. The minimum absolute atomic E-state index is 0.287. The zero-order valence-electron chi connectivity index (χ0n) is 12.1. The molecule has 0 unspecified atom stereocenters. The van der Waals surface area contributed by atoms with Gasteiger partial charge in [-0.2, -0.15) is 0 Å². The summed E-state index contributed by atoms with van der Waals surface area (Å²) >= 11 is 0. The number of nitrogens with one attached hydrogen (secondary N) is 1. The van der Waals surface area contributed by atoms with Gasteiger partial charge in [0.2, 0.25) is 0 Å². The molecule has 1 aliphatic heterocycles. The first-order valence-electron chi connectivity index (χ1n) is 7.22. The monoisotopic (exact) mass is 298 g/mol. The maximum atomic E-state index is 11.4. The number of hydrogen-bond donors (Lipinski definition) is 3. The van der Waals surface area contributed by atoms with Crippen LogP contribution in [0.15, 0.2) is 42.5 Å². The van der Waals surface area contributed by atoms with E-state index >= 15 is 0 Å². The van der Waals surface area contributed by atoms with Gasteiger partial charge in [0.1, 0.15) is 5.75 Å². The predicted octanol–water partition coefficient (Wildman–Crippen LogP) is 2.07. The molecule has 0 spiro atoms. The molecule has 1 heterocycles. The number of hydrogen-bond acceptors (Lipinski definition) is 4. The lowest BCUT2D eigenvalue weighted by atomic mass is 9.96. The number of fused-ring (bicyclic) bond motifs is 1. The second-order valence-electron chi connectivity index (χ2n) is 5.55. The van der Waals surface area contributed by atoms with Gasteiger partial charge in [-0.3, -0.25) is 14.9 Å². The molecular formula is C17H18N2O3. The molecule has 5 nitrogen and oxygen atoms in total. The maximum absolute atomic E-state index is 11.4. The summed E-state index contributed by atoms with van der Waals surface area (Å²) in [4.78, 5) is 13.7. The summed E-state index contributed by atoms with van der Waals surface area (Å²) in [5, 5.41) is 18.2. The average Bonchev–Trinajstić information content (AvgIpc) is 2.53. The van der Waals surface area contributed by atoms with Gasteiger partial charge in [0, 0.05) is 25.2 Å². The van der Waals surface area contributed by atoms with Crippen molar-refractivity contribution in [3.8, 4) is 5.75 Å². The van der Waals surface area contributed by atoms with Crippen molar-refractivity contribution in [1.29, 1.82) is 0 Å². The van der Waals surface area contributed by atoms with Crippen LogP contribution < -0.4 is 5.48 Å². The first-order valence-corrected chi connectivity index (χ1v) is 7.22. The summed E-state index contributed by atoms with van der Waals surface area (Å²) in [6, 6.07) is 12.8. The van der Waals surface area contributed by atoms with E-state index in [1.54, 1.807) is 23.7 Å². The van der Waals surface area contributed by atoms with Gasteiger partial charge in [-0.1, -0.05) is 18.2 Å². The van der Waals surface area contributed by atoms with Crippen molar-refractivity contribution in [2.75, 3.05) is 6.54 Å². The number of benzene rings is 2. The molecule has 3 rings (SSSR count). The van der Waals surface area contributed by atoms with Gasteiger partial charge in [-0.15, -0.1) is 0 Å². The van der Waals surface area contributed by atoms with E-state index in [-0.39, 0.29) is 5.75 Å². The lowest BCUT2D eigenvalue weighted by Gasteiger charge is -2.29. The molecule has 3 N–H and O–H groups in total. The van der Waals surface area contributed by atoms with Gasteiger partial charge in [-0.25, -0.2) is 5.48 Å². The third-order valence-electron chi connectivity index (χ3n) is 3.98. The number of carbonyl (C=O) groups excluding carboxylic acids is 1. The predicted molar refractivity (Wildman–Crippen MR) is 81.6 cm³/mol. The third-order valence-corrected chi connectivity index (χ3v) is 3.98. The van der Waals surface area contributed by atoms with E-state index in [2.05, 4.69) is 4.90 Å². The van der Waals surface area contributed by atoms with Crippen molar-refractivity contribution < 1.29 is 15.1 Å². The van der Waals surface area contributed by atoms with Gasteiger partial charge in [0.25, 0.3) is 5.91 Å². The fourth-order valence-corrected chi connectivity index (χ4v) is 2.87. The Morgan fingerprint density at radius 2 is 2.05 bits per heavy atom. The summed E-state index contributed by atoms with van der Waals surface area (Å²) in [6.45, 7) is 2.49. The van der Waals surface area contributed by atoms with Crippen molar-refractivity contribution >= 4 is 5.91 Å². The summed E-state index contributed by atoms with van der Waals surface area (Å²) < 4.78 is 0. The van der Waals surface area contributed by atoms with E-state index in [1.807, 2.05) is 24.3 Å². The fraction of sp³-hybridized carbons (Fsp3) is 0.235. The minimum atomic E-state index is -0.481. The number of carbonyl (C=O) groups is 1. The van der Waals surface area contributed by atoms with Crippen LogP contribution in [-0.4, -0.2) is 27.7 Å². The topological polar surface area (TPSA) is 72.8 Å². The van der Waals surface area contributed by atoms with Crippen LogP contribution in [0.3, 0.4) is 0 Å². The van der Waals surface area contributed by atoms with Crippen LogP contribution in [0.4, 0.5) is 0 Å². The Balaban J connectivity index is 1.73. The molecule has 0 aromatic heterocycles. The smallest absolute Gasteiger partial charge is 0.274 e. The van der Waals surface area contributed by atoms with Crippen molar-refractivity contribution in [2.24, 2.45) is 0 Å². The largest absolute Gasteiger partial charge is 0.508 e. The Morgan fingerprint density at radius 1 is 1.18 bits per heavy atom. The average molecular weight is 298 g/mol. The van der Waals surface area contributed by atoms with Gasteiger partial charge in [0.15, 0.2) is 0 Å². The number of hydroxylamine groups is 1. The molecule has 114 valence electrons. The molecule has 2 aromatic rings. The zero-order valence-corrected chi connectivity index (χ0v) is 12.1. The zero-order chi connectivity index (χ0) is 15.5. The lowest BCUT2D eigenvalue weighted by molar-refractivity contribution is 0.0706. The number of rotatable bonds is 3. The van der Waals surface area contributed by atoms with E-state index in [0.717, 1.165) is 37.2 Å². The Morgan fingerprint density at radius 3 is 2.82 bits per heavy atom. The van der Waals surface area contributed by atoms with Gasteiger partial charge < -0.3 is 5.11 Å². The summed E-state index contributed by atoms with van der Waals surface area (Å²) in [6.07, 6.45) is 0.862. The van der Waals surface area contributed by atoms with E-state index in [9.17, 15) is 9.90 Å². The second-order valence-corrected chi connectivity index (χ2v) is 5.55. The number of aromatic hydroxyl groups is 1. The number of phenolic OH excluding ortho intramolecular Hbond substituents is 1. The van der Waals surface area contributed by atoms with E-state index in [4.69, 9.17) is 5.21 Å². The molecule has 1 amide bonds. The molecule has 0 aliphatic carbocycles. The Bertz CT molecular complexity index is 700. The quantitative estimate of drug-likeness (QED) is 0.599. The molecule has 0 fully saturated rings.